The normalized spacial score (nSPS) is 9.46. The molecule has 0 heterocycles. The lowest BCUT2D eigenvalue weighted by Crippen LogP contribution is -2.09. The minimum Gasteiger partial charge on any atom is -0.437 e. The predicted molar refractivity (Wildman–Crippen MR) is 48.9 cm³/mol. The third-order valence-corrected chi connectivity index (χ3v) is 1.76. The van der Waals surface area contributed by atoms with Gasteiger partial charge in [0.25, 0.3) is 0 Å². The number of methoxy groups -OCH3 is 1. The molecule has 1 rings (SSSR count). The molecule has 0 radical (unpaired) electrons. The van der Waals surface area contributed by atoms with Gasteiger partial charge in [-0.25, -0.2) is 4.79 Å². The highest BCUT2D eigenvalue weighted by Crippen LogP contribution is 2.22. The molecule has 0 N–H and O–H groups in total. The van der Waals surface area contributed by atoms with Crippen molar-refractivity contribution in [3.8, 4) is 5.75 Å². The lowest BCUT2D eigenvalue weighted by Gasteiger charge is -2.08. The van der Waals surface area contributed by atoms with Crippen molar-refractivity contribution in [1.82, 2.24) is 0 Å². The summed E-state index contributed by atoms with van der Waals surface area (Å²) < 4.78 is 9.37. The fraction of sp³-hybridized carbons (Fsp3) is 0.300. The molecule has 0 atom stereocenters. The second-order valence-electron chi connectivity index (χ2n) is 2.78. The molecule has 3 heteroatoms. The summed E-state index contributed by atoms with van der Waals surface area (Å²) in [5.74, 6) is 0.578. The number of hydrogen-bond acceptors (Lipinski definition) is 3. The summed E-state index contributed by atoms with van der Waals surface area (Å²) in [7, 11) is 1.29. The van der Waals surface area contributed by atoms with Gasteiger partial charge in [0.1, 0.15) is 5.75 Å². The number of aryl methyl sites for hydroxylation is 2. The number of rotatable bonds is 1. The van der Waals surface area contributed by atoms with E-state index in [-0.39, 0.29) is 0 Å². The van der Waals surface area contributed by atoms with Gasteiger partial charge >= 0.3 is 6.16 Å². The van der Waals surface area contributed by atoms with Gasteiger partial charge in [0.05, 0.1) is 7.11 Å². The van der Waals surface area contributed by atoms with Gasteiger partial charge in [-0.15, -0.1) is 0 Å². The summed E-state index contributed by atoms with van der Waals surface area (Å²) in [5.41, 5.74) is 1.84. The van der Waals surface area contributed by atoms with Crippen LogP contribution >= 0.6 is 0 Å². The molecule has 0 amide bonds. The van der Waals surface area contributed by atoms with E-state index in [4.69, 9.17) is 4.74 Å². The van der Waals surface area contributed by atoms with E-state index in [0.29, 0.717) is 5.75 Å². The molecule has 1 aromatic rings. The van der Waals surface area contributed by atoms with Crippen LogP contribution in [0.25, 0.3) is 0 Å². The van der Waals surface area contributed by atoms with Crippen LogP contribution in [0.2, 0.25) is 0 Å². The maximum absolute atomic E-state index is 10.8. The summed E-state index contributed by atoms with van der Waals surface area (Å²) in [6.45, 7) is 3.76. The fourth-order valence-electron chi connectivity index (χ4n) is 1.09. The Morgan fingerprint density at radius 1 is 1.23 bits per heavy atom. The molecule has 0 saturated heterocycles. The molecule has 70 valence electrons. The Morgan fingerprint density at radius 2 is 1.77 bits per heavy atom. The molecule has 0 fully saturated rings. The molecule has 0 spiro atoms. The average Bonchev–Trinajstić information content (AvgIpc) is 2.11. The second-order valence-corrected chi connectivity index (χ2v) is 2.78. The third-order valence-electron chi connectivity index (χ3n) is 1.76. The van der Waals surface area contributed by atoms with Crippen LogP contribution in [0.1, 0.15) is 11.1 Å². The standard InChI is InChI=1S/C10H12O3/c1-7-5-4-6-8(2)9(7)13-10(11)12-3/h4-6H,1-3H3. The van der Waals surface area contributed by atoms with Crippen LogP contribution in [0.4, 0.5) is 4.79 Å². The highest BCUT2D eigenvalue weighted by atomic mass is 16.7. The Bertz CT molecular complexity index is 298. The Morgan fingerprint density at radius 3 is 2.23 bits per heavy atom. The molecule has 3 nitrogen and oxygen atoms in total. The van der Waals surface area contributed by atoms with Crippen molar-refractivity contribution < 1.29 is 14.3 Å². The van der Waals surface area contributed by atoms with Gasteiger partial charge in [-0.2, -0.15) is 0 Å². The van der Waals surface area contributed by atoms with Crippen molar-refractivity contribution in [2.24, 2.45) is 0 Å². The fourth-order valence-corrected chi connectivity index (χ4v) is 1.09. The van der Waals surface area contributed by atoms with Gasteiger partial charge in [-0.1, -0.05) is 18.2 Å². The quantitative estimate of drug-likeness (QED) is 0.492. The van der Waals surface area contributed by atoms with Crippen molar-refractivity contribution >= 4 is 6.16 Å². The second kappa shape index (κ2) is 3.94. The molecule has 0 bridgehead atoms. The first-order chi connectivity index (χ1) is 6.15. The summed E-state index contributed by atoms with van der Waals surface area (Å²) in [6.07, 6.45) is -0.683. The molecule has 0 saturated carbocycles. The van der Waals surface area contributed by atoms with Crippen LogP contribution in [-0.2, 0) is 4.74 Å². The molecule has 13 heavy (non-hydrogen) atoms. The number of benzene rings is 1. The first-order valence-electron chi connectivity index (χ1n) is 3.97. The molecular formula is C10H12O3. The number of para-hydroxylation sites is 1. The van der Waals surface area contributed by atoms with E-state index in [2.05, 4.69) is 4.74 Å². The van der Waals surface area contributed by atoms with Crippen LogP contribution in [-0.4, -0.2) is 13.3 Å². The zero-order valence-corrected chi connectivity index (χ0v) is 7.96. The minimum atomic E-state index is -0.683. The van der Waals surface area contributed by atoms with E-state index >= 15 is 0 Å². The Labute approximate surface area is 77.3 Å². The molecule has 0 aliphatic heterocycles. The van der Waals surface area contributed by atoms with E-state index in [1.54, 1.807) is 0 Å². The Balaban J connectivity index is 2.93. The van der Waals surface area contributed by atoms with Crippen molar-refractivity contribution in [1.29, 1.82) is 0 Å². The summed E-state index contributed by atoms with van der Waals surface area (Å²) in [5, 5.41) is 0. The Hall–Kier alpha value is -1.51. The molecule has 0 unspecified atom stereocenters. The van der Waals surface area contributed by atoms with Gasteiger partial charge in [-0.3, -0.25) is 0 Å². The topological polar surface area (TPSA) is 35.5 Å². The number of hydrogen-bond donors (Lipinski definition) is 0. The molecular weight excluding hydrogens is 168 g/mol. The van der Waals surface area contributed by atoms with Crippen LogP contribution in [0, 0.1) is 13.8 Å². The van der Waals surface area contributed by atoms with Gasteiger partial charge < -0.3 is 9.47 Å². The number of carbonyl (C=O) groups excluding carboxylic acids is 1. The first kappa shape index (κ1) is 9.58. The highest BCUT2D eigenvalue weighted by molar-refractivity contribution is 5.65. The SMILES string of the molecule is COC(=O)Oc1c(C)cccc1C. The monoisotopic (exact) mass is 180 g/mol. The summed E-state index contributed by atoms with van der Waals surface area (Å²) >= 11 is 0. The van der Waals surface area contributed by atoms with Gasteiger partial charge in [0.2, 0.25) is 0 Å². The number of ether oxygens (including phenoxy) is 2. The van der Waals surface area contributed by atoms with E-state index in [9.17, 15) is 4.79 Å². The smallest absolute Gasteiger partial charge is 0.437 e. The lowest BCUT2D eigenvalue weighted by molar-refractivity contribution is 0.121. The average molecular weight is 180 g/mol. The number of carbonyl (C=O) groups is 1. The summed E-state index contributed by atoms with van der Waals surface area (Å²) in [6, 6.07) is 5.67. The van der Waals surface area contributed by atoms with Crippen molar-refractivity contribution in [3.05, 3.63) is 29.3 Å². The van der Waals surface area contributed by atoms with Crippen molar-refractivity contribution in [2.45, 2.75) is 13.8 Å². The minimum absolute atomic E-state index is 0.578. The summed E-state index contributed by atoms with van der Waals surface area (Å²) in [4.78, 5) is 10.8. The maximum atomic E-state index is 10.8. The predicted octanol–water partition coefficient (Wildman–Crippen LogP) is 2.45. The van der Waals surface area contributed by atoms with Gasteiger partial charge in [0, 0.05) is 0 Å². The van der Waals surface area contributed by atoms with Crippen molar-refractivity contribution in [2.75, 3.05) is 7.11 Å². The Kier molecular flexibility index (Phi) is 2.90. The van der Waals surface area contributed by atoms with E-state index < -0.39 is 6.16 Å². The maximum Gasteiger partial charge on any atom is 0.513 e. The zero-order valence-electron chi connectivity index (χ0n) is 7.96. The molecule has 1 aromatic carbocycles. The van der Waals surface area contributed by atoms with Crippen molar-refractivity contribution in [3.63, 3.8) is 0 Å². The van der Waals surface area contributed by atoms with Crippen LogP contribution in [0.3, 0.4) is 0 Å². The highest BCUT2D eigenvalue weighted by Gasteiger charge is 2.08. The molecule has 0 aliphatic carbocycles. The first-order valence-corrected chi connectivity index (χ1v) is 3.97. The van der Waals surface area contributed by atoms with Crippen LogP contribution in [0.5, 0.6) is 5.75 Å². The van der Waals surface area contributed by atoms with Gasteiger partial charge in [-0.05, 0) is 25.0 Å². The van der Waals surface area contributed by atoms with Crippen LogP contribution < -0.4 is 4.74 Å². The van der Waals surface area contributed by atoms with E-state index in [1.807, 2.05) is 32.0 Å². The zero-order chi connectivity index (χ0) is 9.84. The third kappa shape index (κ3) is 2.21. The van der Waals surface area contributed by atoms with Gasteiger partial charge in [0.15, 0.2) is 0 Å². The lowest BCUT2D eigenvalue weighted by atomic mass is 10.1. The van der Waals surface area contributed by atoms with Crippen LogP contribution in [0.15, 0.2) is 18.2 Å². The van der Waals surface area contributed by atoms with E-state index in [1.165, 1.54) is 7.11 Å². The largest absolute Gasteiger partial charge is 0.513 e. The molecule has 0 aromatic heterocycles. The molecule has 0 aliphatic rings. The van der Waals surface area contributed by atoms with E-state index in [0.717, 1.165) is 11.1 Å².